The largest absolute Gasteiger partial charge is 0.228 e. The zero-order valence-corrected chi connectivity index (χ0v) is 18.4. The van der Waals surface area contributed by atoms with Gasteiger partial charge in [0.15, 0.2) is 0 Å². The van der Waals surface area contributed by atoms with Crippen LogP contribution in [0.2, 0.25) is 0 Å². The van der Waals surface area contributed by atoms with Crippen molar-refractivity contribution in [2.75, 3.05) is 0 Å². The van der Waals surface area contributed by atoms with Gasteiger partial charge in [0.25, 0.3) is 0 Å². The van der Waals surface area contributed by atoms with Gasteiger partial charge in [-0.15, -0.1) is 0 Å². The second-order valence-corrected chi connectivity index (χ2v) is 9.81. The van der Waals surface area contributed by atoms with E-state index in [1.165, 1.54) is 51.4 Å². The van der Waals surface area contributed by atoms with E-state index >= 15 is 0 Å². The van der Waals surface area contributed by atoms with E-state index in [1.807, 2.05) is 30.3 Å². The molecule has 156 valence electrons. The van der Waals surface area contributed by atoms with Crippen LogP contribution >= 0.6 is 0 Å². The van der Waals surface area contributed by atoms with Crippen molar-refractivity contribution in [2.24, 2.45) is 5.14 Å². The molecular formula is C23H41NO2S. The SMILES string of the molecule is CCCCCCCCC(CCCCCCCC)(c1ccccc1)S(N)(=O)=O. The summed E-state index contributed by atoms with van der Waals surface area (Å²) >= 11 is 0. The van der Waals surface area contributed by atoms with Gasteiger partial charge in [0.2, 0.25) is 10.0 Å². The zero-order valence-electron chi connectivity index (χ0n) is 17.6. The highest BCUT2D eigenvalue weighted by Gasteiger charge is 2.42. The lowest BCUT2D eigenvalue weighted by molar-refractivity contribution is 0.421. The molecule has 27 heavy (non-hydrogen) atoms. The molecule has 0 saturated heterocycles. The van der Waals surface area contributed by atoms with Gasteiger partial charge in [0.05, 0.1) is 0 Å². The maximum Gasteiger partial charge on any atom is 0.219 e. The van der Waals surface area contributed by atoms with E-state index in [9.17, 15) is 8.42 Å². The second-order valence-electron chi connectivity index (χ2n) is 7.94. The van der Waals surface area contributed by atoms with Crippen LogP contribution < -0.4 is 5.14 Å². The van der Waals surface area contributed by atoms with Crippen molar-refractivity contribution in [2.45, 2.75) is 108 Å². The average molecular weight is 396 g/mol. The van der Waals surface area contributed by atoms with E-state index in [4.69, 9.17) is 5.14 Å². The third-order valence-electron chi connectivity index (χ3n) is 5.71. The van der Waals surface area contributed by atoms with Gasteiger partial charge in [-0.2, -0.15) is 0 Å². The number of hydrogen-bond donors (Lipinski definition) is 1. The van der Waals surface area contributed by atoms with Crippen molar-refractivity contribution in [1.29, 1.82) is 0 Å². The van der Waals surface area contributed by atoms with Crippen LogP contribution in [0.3, 0.4) is 0 Å². The topological polar surface area (TPSA) is 60.2 Å². The van der Waals surface area contributed by atoms with Crippen molar-refractivity contribution >= 4 is 10.0 Å². The van der Waals surface area contributed by atoms with E-state index in [0.717, 1.165) is 31.2 Å². The quantitative estimate of drug-likeness (QED) is 0.318. The molecule has 0 atom stereocenters. The average Bonchev–Trinajstić information content (AvgIpc) is 2.65. The van der Waals surface area contributed by atoms with Gasteiger partial charge >= 0.3 is 0 Å². The molecule has 1 aromatic rings. The van der Waals surface area contributed by atoms with Gasteiger partial charge in [-0.3, -0.25) is 0 Å². The van der Waals surface area contributed by atoms with Crippen LogP contribution in [0.5, 0.6) is 0 Å². The molecule has 3 nitrogen and oxygen atoms in total. The first kappa shape index (κ1) is 24.2. The molecule has 4 heteroatoms. The third-order valence-corrected chi connectivity index (χ3v) is 7.45. The fourth-order valence-corrected chi connectivity index (χ4v) is 5.31. The van der Waals surface area contributed by atoms with Gasteiger partial charge in [0, 0.05) is 0 Å². The molecule has 0 aliphatic rings. The van der Waals surface area contributed by atoms with E-state index in [1.54, 1.807) is 0 Å². The van der Waals surface area contributed by atoms with Gasteiger partial charge in [0.1, 0.15) is 4.75 Å². The zero-order chi connectivity index (χ0) is 20.0. The molecular weight excluding hydrogens is 354 g/mol. The molecule has 0 aromatic heterocycles. The standard InChI is InChI=1S/C23H41NO2S/c1-3-5-7-9-11-16-20-23(27(24,25)26,22-18-14-13-15-19-22)21-17-12-10-8-6-4-2/h13-15,18-19H,3-12,16-17,20-21H2,1-2H3,(H2,24,25,26). The number of sulfonamides is 1. The number of nitrogens with two attached hydrogens (primary N) is 1. The van der Waals surface area contributed by atoms with Gasteiger partial charge in [-0.25, -0.2) is 13.6 Å². The minimum absolute atomic E-state index is 0.636. The van der Waals surface area contributed by atoms with Crippen LogP contribution in [0.1, 0.15) is 109 Å². The van der Waals surface area contributed by atoms with Crippen LogP contribution in [-0.2, 0) is 14.8 Å². The van der Waals surface area contributed by atoms with Crippen LogP contribution in [0.15, 0.2) is 30.3 Å². The van der Waals surface area contributed by atoms with Crippen LogP contribution in [0.25, 0.3) is 0 Å². The number of benzene rings is 1. The Morgan fingerprint density at radius 1 is 0.704 bits per heavy atom. The van der Waals surface area contributed by atoms with Gasteiger partial charge < -0.3 is 0 Å². The van der Waals surface area contributed by atoms with E-state index < -0.39 is 14.8 Å². The summed E-state index contributed by atoms with van der Waals surface area (Å²) < 4.78 is 24.6. The van der Waals surface area contributed by atoms with Crippen LogP contribution in [0, 0.1) is 0 Å². The monoisotopic (exact) mass is 395 g/mol. The Labute approximate surface area is 168 Å². The van der Waals surface area contributed by atoms with Crippen molar-refractivity contribution in [1.82, 2.24) is 0 Å². The van der Waals surface area contributed by atoms with Gasteiger partial charge in [-0.1, -0.05) is 121 Å². The fourth-order valence-electron chi connectivity index (χ4n) is 3.99. The molecule has 2 N–H and O–H groups in total. The first-order valence-corrected chi connectivity index (χ1v) is 12.6. The molecule has 1 rings (SSSR count). The minimum atomic E-state index is -3.67. The van der Waals surface area contributed by atoms with Crippen molar-refractivity contribution in [3.8, 4) is 0 Å². The second kappa shape index (κ2) is 13.3. The lowest BCUT2D eigenvalue weighted by Crippen LogP contribution is -2.41. The molecule has 0 aliphatic carbocycles. The molecule has 0 bridgehead atoms. The Morgan fingerprint density at radius 3 is 1.52 bits per heavy atom. The molecule has 0 heterocycles. The van der Waals surface area contributed by atoms with Crippen LogP contribution in [-0.4, -0.2) is 8.42 Å². The van der Waals surface area contributed by atoms with Crippen molar-refractivity contribution in [3.05, 3.63) is 35.9 Å². The van der Waals surface area contributed by atoms with Gasteiger partial charge in [-0.05, 0) is 18.4 Å². The number of hydrogen-bond acceptors (Lipinski definition) is 2. The van der Waals surface area contributed by atoms with Crippen molar-refractivity contribution in [3.63, 3.8) is 0 Å². The Morgan fingerprint density at radius 2 is 1.11 bits per heavy atom. The number of primary sulfonamides is 1. The number of rotatable bonds is 16. The summed E-state index contributed by atoms with van der Waals surface area (Å²) in [6, 6.07) is 9.68. The molecule has 0 saturated carbocycles. The minimum Gasteiger partial charge on any atom is -0.228 e. The summed E-state index contributed by atoms with van der Waals surface area (Å²) in [5.74, 6) is 0. The molecule has 0 unspecified atom stereocenters. The first-order chi connectivity index (χ1) is 13.0. The smallest absolute Gasteiger partial charge is 0.219 e. The molecule has 0 fully saturated rings. The number of unbranched alkanes of at least 4 members (excludes halogenated alkanes) is 10. The summed E-state index contributed by atoms with van der Waals surface area (Å²) in [6.07, 6.45) is 15.1. The Balaban J connectivity index is 2.81. The predicted octanol–water partition coefficient (Wildman–Crippen LogP) is 6.67. The normalized spacial score (nSPS) is 12.4. The van der Waals surface area contributed by atoms with Crippen molar-refractivity contribution < 1.29 is 8.42 Å². The summed E-state index contributed by atoms with van der Waals surface area (Å²) in [4.78, 5) is 0. The molecule has 0 aliphatic heterocycles. The molecule has 0 radical (unpaired) electrons. The highest BCUT2D eigenvalue weighted by Crippen LogP contribution is 2.39. The fraction of sp³-hybridized carbons (Fsp3) is 0.739. The maximum atomic E-state index is 12.8. The lowest BCUT2D eigenvalue weighted by atomic mass is 9.87. The summed E-state index contributed by atoms with van der Waals surface area (Å²) in [7, 11) is -3.67. The highest BCUT2D eigenvalue weighted by atomic mass is 32.2. The summed E-state index contributed by atoms with van der Waals surface area (Å²) in [5, 5.41) is 5.84. The first-order valence-electron chi connectivity index (χ1n) is 11.1. The Kier molecular flexibility index (Phi) is 11.9. The lowest BCUT2D eigenvalue weighted by Gasteiger charge is -2.32. The molecule has 0 spiro atoms. The molecule has 1 aromatic carbocycles. The third kappa shape index (κ3) is 8.35. The van der Waals surface area contributed by atoms with Crippen LogP contribution in [0.4, 0.5) is 0 Å². The predicted molar refractivity (Wildman–Crippen MR) is 117 cm³/mol. The maximum absolute atomic E-state index is 12.8. The van der Waals surface area contributed by atoms with E-state index in [-0.39, 0.29) is 0 Å². The Bertz CT molecular complexity index is 568. The van der Waals surface area contributed by atoms with E-state index in [2.05, 4.69) is 13.8 Å². The summed E-state index contributed by atoms with van der Waals surface area (Å²) in [6.45, 7) is 4.42. The Hall–Kier alpha value is -0.870. The highest BCUT2D eigenvalue weighted by molar-refractivity contribution is 7.90. The summed E-state index contributed by atoms with van der Waals surface area (Å²) in [5.41, 5.74) is 0.870. The van der Waals surface area contributed by atoms with E-state index in [0.29, 0.717) is 12.8 Å². The molecule has 0 amide bonds.